The lowest BCUT2D eigenvalue weighted by Crippen LogP contribution is -2.78. The Morgan fingerprint density at radius 2 is 1.91 bits per heavy atom. The molecule has 1 saturated carbocycles. The molecule has 0 unspecified atom stereocenters. The Bertz CT molecular complexity index is 1700. The van der Waals surface area contributed by atoms with Gasteiger partial charge in [0.15, 0.2) is 11.5 Å². The van der Waals surface area contributed by atoms with E-state index in [4.69, 9.17) is 18.6 Å². The molecule has 0 radical (unpaired) electrons. The van der Waals surface area contributed by atoms with Crippen LogP contribution < -0.4 is 14.2 Å². The summed E-state index contributed by atoms with van der Waals surface area (Å²) < 4.78 is 52.4. The van der Waals surface area contributed by atoms with Gasteiger partial charge >= 0.3 is 0 Å². The molecule has 2 bridgehead atoms. The first-order chi connectivity index (χ1) is 20.7. The minimum absolute atomic E-state index is 0.150. The number of ether oxygens (including phenoxy) is 3. The highest BCUT2D eigenvalue weighted by Gasteiger charge is 2.74. The summed E-state index contributed by atoms with van der Waals surface area (Å²) in [5.74, 6) is 1.50. The second-order valence-electron chi connectivity index (χ2n) is 11.8. The summed E-state index contributed by atoms with van der Waals surface area (Å²) in [6, 6.07) is 10.8. The molecule has 2 fully saturated rings. The standard InChI is InChI=1S/C32H34N2O8S/c1-33(27(35)11-4-20-13-17-41-19-20)24-12-14-32(36)26-18-21-5-10-25(40-3)29-28(21)31(32,30(24)42-29)15-16-34(26)43(37,38)23-8-6-22(39-2)7-9-23/h4-11,13,17,19,24,26,30,36H,12,14-16,18H2,1-3H3/b11-4+/t24-,26-,30+,31+,32-/m1/s1. The van der Waals surface area contributed by atoms with Crippen molar-refractivity contribution in [2.24, 2.45) is 0 Å². The zero-order chi connectivity index (χ0) is 30.1. The normalized spacial score (nSPS) is 29.2. The Balaban J connectivity index is 1.30. The van der Waals surface area contributed by atoms with Crippen molar-refractivity contribution in [3.63, 3.8) is 0 Å². The van der Waals surface area contributed by atoms with E-state index >= 15 is 0 Å². The number of hydrogen-bond donors (Lipinski definition) is 1. The van der Waals surface area contributed by atoms with E-state index in [9.17, 15) is 18.3 Å². The van der Waals surface area contributed by atoms with E-state index in [1.165, 1.54) is 17.5 Å². The van der Waals surface area contributed by atoms with E-state index in [0.717, 1.165) is 16.7 Å². The van der Waals surface area contributed by atoms with Crippen LogP contribution in [0.1, 0.15) is 36.0 Å². The van der Waals surface area contributed by atoms with E-state index in [0.29, 0.717) is 42.9 Å². The van der Waals surface area contributed by atoms with Gasteiger partial charge in [-0.15, -0.1) is 0 Å². The Kier molecular flexibility index (Phi) is 6.42. The van der Waals surface area contributed by atoms with Crippen molar-refractivity contribution in [2.45, 2.75) is 59.8 Å². The fourth-order valence-electron chi connectivity index (χ4n) is 8.02. The van der Waals surface area contributed by atoms with E-state index in [1.54, 1.807) is 68.0 Å². The van der Waals surface area contributed by atoms with Gasteiger partial charge in [-0.1, -0.05) is 6.07 Å². The molecule has 1 spiro atoms. The highest BCUT2D eigenvalue weighted by atomic mass is 32.2. The number of hydrogen-bond acceptors (Lipinski definition) is 8. The molecule has 1 saturated heterocycles. The van der Waals surface area contributed by atoms with E-state index in [1.807, 2.05) is 12.1 Å². The Morgan fingerprint density at radius 1 is 1.12 bits per heavy atom. The van der Waals surface area contributed by atoms with Crippen molar-refractivity contribution in [3.8, 4) is 17.2 Å². The van der Waals surface area contributed by atoms with Gasteiger partial charge in [0, 0.05) is 30.8 Å². The molecule has 3 heterocycles. The number of likely N-dealkylation sites (N-methyl/N-ethyl adjacent to an activating group) is 1. The van der Waals surface area contributed by atoms with Crippen LogP contribution in [0, 0.1) is 0 Å². The summed E-state index contributed by atoms with van der Waals surface area (Å²) in [7, 11) is 0.916. The molecule has 11 heteroatoms. The summed E-state index contributed by atoms with van der Waals surface area (Å²) in [6.45, 7) is 0.196. The number of rotatable bonds is 7. The second kappa shape index (κ2) is 9.87. The smallest absolute Gasteiger partial charge is 0.246 e. The largest absolute Gasteiger partial charge is 0.497 e. The molecule has 5 atom stereocenters. The van der Waals surface area contributed by atoms with Crippen molar-refractivity contribution in [2.75, 3.05) is 27.8 Å². The number of carbonyl (C=O) groups excluding carboxylic acids is 1. The number of amides is 1. The van der Waals surface area contributed by atoms with E-state index < -0.39 is 33.2 Å². The van der Waals surface area contributed by atoms with Gasteiger partial charge in [0.1, 0.15) is 11.9 Å². The van der Waals surface area contributed by atoms with Crippen LogP contribution in [0.3, 0.4) is 0 Å². The number of benzene rings is 2. The Morgan fingerprint density at radius 3 is 2.60 bits per heavy atom. The third-order valence-corrected chi connectivity index (χ3v) is 12.0. The van der Waals surface area contributed by atoms with Crippen molar-refractivity contribution < 1.29 is 36.9 Å². The van der Waals surface area contributed by atoms with Crippen LogP contribution in [0.15, 0.2) is 70.4 Å². The van der Waals surface area contributed by atoms with Crippen LogP contribution in [0.2, 0.25) is 0 Å². The number of aliphatic hydroxyl groups is 1. The maximum absolute atomic E-state index is 14.1. The third kappa shape index (κ3) is 3.84. The van der Waals surface area contributed by atoms with Crippen molar-refractivity contribution in [3.05, 3.63) is 77.8 Å². The van der Waals surface area contributed by atoms with Crippen molar-refractivity contribution in [1.82, 2.24) is 9.21 Å². The lowest BCUT2D eigenvalue weighted by atomic mass is 9.48. The van der Waals surface area contributed by atoms with Crippen molar-refractivity contribution >= 4 is 22.0 Å². The average molecular weight is 607 g/mol. The van der Waals surface area contributed by atoms with Gasteiger partial charge in [-0.25, -0.2) is 8.42 Å². The van der Waals surface area contributed by atoms with E-state index in [2.05, 4.69) is 0 Å². The van der Waals surface area contributed by atoms with Crippen molar-refractivity contribution in [1.29, 1.82) is 0 Å². The van der Waals surface area contributed by atoms with Gasteiger partial charge < -0.3 is 28.6 Å². The maximum Gasteiger partial charge on any atom is 0.246 e. The first-order valence-electron chi connectivity index (χ1n) is 14.4. The molecule has 4 aliphatic rings. The zero-order valence-electron chi connectivity index (χ0n) is 24.2. The fourth-order valence-corrected chi connectivity index (χ4v) is 9.68. The number of furan rings is 1. The average Bonchev–Trinajstić information content (AvgIpc) is 3.65. The number of methoxy groups -OCH3 is 2. The maximum atomic E-state index is 14.1. The summed E-state index contributed by atoms with van der Waals surface area (Å²) in [6.07, 6.45) is 7.11. The van der Waals surface area contributed by atoms with Crippen LogP contribution in [0.5, 0.6) is 17.2 Å². The lowest BCUT2D eigenvalue weighted by molar-refractivity contribution is -0.186. The number of sulfonamides is 1. The summed E-state index contributed by atoms with van der Waals surface area (Å²) in [4.78, 5) is 15.2. The summed E-state index contributed by atoms with van der Waals surface area (Å²) in [5.41, 5.74) is 0.242. The number of piperidine rings is 1. The quantitative estimate of drug-likeness (QED) is 0.407. The van der Waals surface area contributed by atoms with Gasteiger partial charge in [0.2, 0.25) is 15.9 Å². The lowest BCUT2D eigenvalue weighted by Gasteiger charge is -2.64. The first kappa shape index (κ1) is 28.0. The predicted octanol–water partition coefficient (Wildman–Crippen LogP) is 3.38. The molecule has 2 aromatic carbocycles. The monoisotopic (exact) mass is 606 g/mol. The van der Waals surface area contributed by atoms with Crippen LogP contribution in [-0.4, -0.2) is 80.2 Å². The van der Waals surface area contributed by atoms with Crippen LogP contribution in [0.4, 0.5) is 0 Å². The molecule has 2 aliphatic carbocycles. The SMILES string of the molecule is COc1ccc(S(=O)(=O)N2CC[C@]34c5c6ccc(OC)c5O[C@H]3[C@H](N(C)C(=O)/C=C/c3ccoc3)CC[C@@]4(O)[C@H]2C6)cc1. The topological polar surface area (TPSA) is 119 Å². The molecule has 1 amide bonds. The summed E-state index contributed by atoms with van der Waals surface area (Å²) in [5, 5.41) is 12.8. The van der Waals surface area contributed by atoms with Gasteiger partial charge in [-0.3, -0.25) is 4.79 Å². The van der Waals surface area contributed by atoms with Gasteiger partial charge in [-0.05, 0) is 73.7 Å². The molecular weight excluding hydrogens is 572 g/mol. The zero-order valence-corrected chi connectivity index (χ0v) is 25.0. The molecule has 1 aromatic heterocycles. The predicted molar refractivity (Wildman–Crippen MR) is 157 cm³/mol. The molecule has 226 valence electrons. The molecule has 3 aromatic rings. The highest BCUT2D eigenvalue weighted by Crippen LogP contribution is 2.66. The van der Waals surface area contributed by atoms with Gasteiger partial charge in [-0.2, -0.15) is 4.31 Å². The van der Waals surface area contributed by atoms with Crippen LogP contribution >= 0.6 is 0 Å². The third-order valence-electron chi connectivity index (χ3n) is 10.1. The molecule has 1 N–H and O–H groups in total. The van der Waals surface area contributed by atoms with Crippen LogP contribution in [-0.2, 0) is 26.7 Å². The van der Waals surface area contributed by atoms with Gasteiger partial charge in [0.25, 0.3) is 0 Å². The molecule has 10 nitrogen and oxygen atoms in total. The Labute approximate surface area is 250 Å². The fraction of sp³-hybridized carbons (Fsp3) is 0.406. The molecule has 43 heavy (non-hydrogen) atoms. The minimum Gasteiger partial charge on any atom is -0.497 e. The summed E-state index contributed by atoms with van der Waals surface area (Å²) >= 11 is 0. The molecule has 2 aliphatic heterocycles. The number of nitrogens with zero attached hydrogens (tertiary/aromatic N) is 2. The minimum atomic E-state index is -3.95. The van der Waals surface area contributed by atoms with Gasteiger partial charge in [0.05, 0.1) is 54.7 Å². The first-order valence-corrected chi connectivity index (χ1v) is 15.8. The number of carbonyl (C=O) groups is 1. The van der Waals surface area contributed by atoms with E-state index in [-0.39, 0.29) is 23.4 Å². The van der Waals surface area contributed by atoms with Crippen LogP contribution in [0.25, 0.3) is 6.08 Å². The Hall–Kier alpha value is -3.80. The second-order valence-corrected chi connectivity index (χ2v) is 13.7. The molecule has 7 rings (SSSR count). The molecular formula is C32H34N2O8S. The highest BCUT2D eigenvalue weighted by molar-refractivity contribution is 7.89.